The first-order chi connectivity index (χ1) is 10.0. The minimum Gasteiger partial charge on any atom is -0.395 e. The third kappa shape index (κ3) is 3.93. The summed E-state index contributed by atoms with van der Waals surface area (Å²) in [6.45, 7) is 4.23. The van der Waals surface area contributed by atoms with Crippen molar-refractivity contribution in [2.45, 2.75) is 0 Å². The molecule has 116 valence electrons. The van der Waals surface area contributed by atoms with E-state index in [-0.39, 0.29) is 12.5 Å². The normalized spacial score (nSPS) is 16.1. The number of carbonyl (C=O) groups is 1. The second-order valence-electron chi connectivity index (χ2n) is 5.28. The largest absolute Gasteiger partial charge is 0.395 e. The first-order valence-electron chi connectivity index (χ1n) is 6.98. The molecular formula is C14H21BrN4O2. The molecule has 0 atom stereocenters. The van der Waals surface area contributed by atoms with Gasteiger partial charge in [-0.05, 0) is 22.0 Å². The summed E-state index contributed by atoms with van der Waals surface area (Å²) in [6.07, 6.45) is 1.72. The Hall–Kier alpha value is -1.18. The van der Waals surface area contributed by atoms with Crippen LogP contribution in [0.4, 0.5) is 5.82 Å². The average molecular weight is 357 g/mol. The molecule has 1 aromatic rings. The van der Waals surface area contributed by atoms with Crippen LogP contribution in [0.15, 0.2) is 16.7 Å². The first-order valence-corrected chi connectivity index (χ1v) is 7.77. The van der Waals surface area contributed by atoms with Gasteiger partial charge in [0, 0.05) is 57.5 Å². The lowest BCUT2D eigenvalue weighted by molar-refractivity contribution is 0.0827. The lowest BCUT2D eigenvalue weighted by Gasteiger charge is -2.35. The topological polar surface area (TPSA) is 59.9 Å². The summed E-state index contributed by atoms with van der Waals surface area (Å²) in [4.78, 5) is 22.7. The highest BCUT2D eigenvalue weighted by Crippen LogP contribution is 2.23. The highest BCUT2D eigenvalue weighted by Gasteiger charge is 2.23. The van der Waals surface area contributed by atoms with Crippen molar-refractivity contribution < 1.29 is 9.90 Å². The zero-order chi connectivity index (χ0) is 15.4. The Morgan fingerprint density at radius 3 is 2.62 bits per heavy atom. The van der Waals surface area contributed by atoms with Crippen molar-refractivity contribution in [2.75, 3.05) is 58.3 Å². The molecule has 1 aromatic heterocycles. The molecule has 1 saturated heterocycles. The van der Waals surface area contributed by atoms with Crippen molar-refractivity contribution in [1.29, 1.82) is 0 Å². The van der Waals surface area contributed by atoms with E-state index >= 15 is 0 Å². The Morgan fingerprint density at radius 1 is 1.38 bits per heavy atom. The van der Waals surface area contributed by atoms with Gasteiger partial charge in [0.2, 0.25) is 0 Å². The molecule has 6 nitrogen and oxygen atoms in total. The lowest BCUT2D eigenvalue weighted by atomic mass is 10.2. The maximum absolute atomic E-state index is 12.3. The van der Waals surface area contributed by atoms with Gasteiger partial charge in [0.25, 0.3) is 5.91 Å². The number of amides is 1. The number of hydrogen-bond acceptors (Lipinski definition) is 5. The number of aliphatic hydroxyl groups is 1. The lowest BCUT2D eigenvalue weighted by Crippen LogP contribution is -2.48. The molecule has 0 saturated carbocycles. The van der Waals surface area contributed by atoms with Crippen LogP contribution in [0.25, 0.3) is 0 Å². The number of piperazine rings is 1. The minimum atomic E-state index is -0.0448. The number of β-amino-alcohol motifs (C(OH)–C–C–N with tert-alkyl or cyclic N) is 1. The molecule has 2 rings (SSSR count). The summed E-state index contributed by atoms with van der Waals surface area (Å²) in [5, 5.41) is 8.99. The predicted octanol–water partition coefficient (Wildman–Crippen LogP) is 0.660. The van der Waals surface area contributed by atoms with Gasteiger partial charge >= 0.3 is 0 Å². The molecule has 1 amide bonds. The third-order valence-electron chi connectivity index (χ3n) is 3.56. The Bertz CT molecular complexity index is 502. The monoisotopic (exact) mass is 356 g/mol. The summed E-state index contributed by atoms with van der Waals surface area (Å²) < 4.78 is 0.801. The van der Waals surface area contributed by atoms with Crippen LogP contribution < -0.4 is 4.90 Å². The van der Waals surface area contributed by atoms with Gasteiger partial charge in [-0.1, -0.05) is 0 Å². The number of carbonyl (C=O) groups excluding carboxylic acids is 1. The van der Waals surface area contributed by atoms with Gasteiger partial charge in [-0.15, -0.1) is 0 Å². The van der Waals surface area contributed by atoms with Gasteiger partial charge in [-0.25, -0.2) is 4.98 Å². The molecule has 1 N–H and O–H groups in total. The number of aromatic nitrogens is 1. The summed E-state index contributed by atoms with van der Waals surface area (Å²) in [6, 6.07) is 1.82. The van der Waals surface area contributed by atoms with Crippen LogP contribution in [0.3, 0.4) is 0 Å². The van der Waals surface area contributed by atoms with Crippen molar-refractivity contribution in [1.82, 2.24) is 14.8 Å². The molecule has 0 bridgehead atoms. The molecule has 0 aromatic carbocycles. The summed E-state index contributed by atoms with van der Waals surface area (Å²) in [5.41, 5.74) is 0.616. The number of rotatable bonds is 4. The number of anilines is 1. The highest BCUT2D eigenvalue weighted by molar-refractivity contribution is 9.10. The average Bonchev–Trinajstić information content (AvgIpc) is 2.47. The summed E-state index contributed by atoms with van der Waals surface area (Å²) in [7, 11) is 3.48. The number of halogens is 1. The van der Waals surface area contributed by atoms with Crippen molar-refractivity contribution in [3.8, 4) is 0 Å². The quantitative estimate of drug-likeness (QED) is 0.858. The van der Waals surface area contributed by atoms with Crippen molar-refractivity contribution >= 4 is 27.7 Å². The van der Waals surface area contributed by atoms with Crippen molar-refractivity contribution in [2.24, 2.45) is 0 Å². The van der Waals surface area contributed by atoms with Crippen molar-refractivity contribution in [3.05, 3.63) is 22.3 Å². The van der Waals surface area contributed by atoms with E-state index in [1.165, 1.54) is 0 Å². The van der Waals surface area contributed by atoms with E-state index in [0.29, 0.717) is 12.1 Å². The van der Waals surface area contributed by atoms with Gasteiger partial charge in [0.1, 0.15) is 5.82 Å². The first kappa shape index (κ1) is 16.2. The molecular weight excluding hydrogens is 336 g/mol. The molecule has 0 radical (unpaired) electrons. The maximum atomic E-state index is 12.3. The molecule has 0 spiro atoms. The fraction of sp³-hybridized carbons (Fsp3) is 0.571. The summed E-state index contributed by atoms with van der Waals surface area (Å²) >= 11 is 3.38. The van der Waals surface area contributed by atoms with Crippen LogP contribution in [0.1, 0.15) is 10.4 Å². The fourth-order valence-corrected chi connectivity index (χ4v) is 2.74. The fourth-order valence-electron chi connectivity index (χ4n) is 2.41. The summed E-state index contributed by atoms with van der Waals surface area (Å²) in [5.74, 6) is 0.692. The van der Waals surface area contributed by atoms with Gasteiger partial charge in [0.05, 0.1) is 12.2 Å². The standard InChI is InChI=1S/C14H21BrN4O2/c1-17(2)14(21)12-9-11(15)10-16-13(12)19-5-3-18(4-6-19)7-8-20/h9-10,20H,3-8H2,1-2H3. The molecule has 2 heterocycles. The Balaban J connectivity index is 2.18. The molecule has 1 aliphatic rings. The van der Waals surface area contributed by atoms with Gasteiger partial charge in [0.15, 0.2) is 0 Å². The van der Waals surface area contributed by atoms with Crippen LogP contribution in [-0.2, 0) is 0 Å². The van der Waals surface area contributed by atoms with Crippen molar-refractivity contribution in [3.63, 3.8) is 0 Å². The number of hydrogen-bond donors (Lipinski definition) is 1. The Morgan fingerprint density at radius 2 is 2.05 bits per heavy atom. The second kappa shape index (κ2) is 7.20. The molecule has 0 unspecified atom stereocenters. The van der Waals surface area contributed by atoms with E-state index < -0.39 is 0 Å². The maximum Gasteiger partial charge on any atom is 0.257 e. The van der Waals surface area contributed by atoms with E-state index in [1.54, 1.807) is 25.2 Å². The number of nitrogens with zero attached hydrogens (tertiary/aromatic N) is 4. The number of aliphatic hydroxyl groups excluding tert-OH is 1. The van der Waals surface area contributed by atoms with E-state index in [2.05, 4.69) is 30.7 Å². The van der Waals surface area contributed by atoms with Crippen LogP contribution in [0.5, 0.6) is 0 Å². The Kier molecular flexibility index (Phi) is 5.55. The van der Waals surface area contributed by atoms with Crippen LogP contribution >= 0.6 is 15.9 Å². The van der Waals surface area contributed by atoms with E-state index in [9.17, 15) is 4.79 Å². The zero-order valence-electron chi connectivity index (χ0n) is 12.4. The smallest absolute Gasteiger partial charge is 0.257 e. The molecule has 0 aliphatic carbocycles. The highest BCUT2D eigenvalue weighted by atomic mass is 79.9. The van der Waals surface area contributed by atoms with E-state index in [0.717, 1.165) is 36.5 Å². The molecule has 1 fully saturated rings. The minimum absolute atomic E-state index is 0.0448. The third-order valence-corrected chi connectivity index (χ3v) is 3.99. The Labute approximate surface area is 133 Å². The SMILES string of the molecule is CN(C)C(=O)c1cc(Br)cnc1N1CCN(CCO)CC1. The van der Waals surface area contributed by atoms with E-state index in [1.807, 2.05) is 6.07 Å². The van der Waals surface area contributed by atoms with Crippen LogP contribution in [0, 0.1) is 0 Å². The van der Waals surface area contributed by atoms with E-state index in [4.69, 9.17) is 5.11 Å². The van der Waals surface area contributed by atoms with Crippen LogP contribution in [-0.4, -0.2) is 79.2 Å². The van der Waals surface area contributed by atoms with Gasteiger partial charge in [-0.2, -0.15) is 0 Å². The zero-order valence-corrected chi connectivity index (χ0v) is 14.0. The predicted molar refractivity (Wildman–Crippen MR) is 85.7 cm³/mol. The molecule has 21 heavy (non-hydrogen) atoms. The molecule has 7 heteroatoms. The molecule has 1 aliphatic heterocycles. The van der Waals surface area contributed by atoms with Gasteiger partial charge < -0.3 is 14.9 Å². The second-order valence-corrected chi connectivity index (χ2v) is 6.19. The van der Waals surface area contributed by atoms with Crippen LogP contribution in [0.2, 0.25) is 0 Å². The number of pyridine rings is 1. The van der Waals surface area contributed by atoms with Gasteiger partial charge in [-0.3, -0.25) is 9.69 Å².